The normalized spacial score (nSPS) is 23.2. The Labute approximate surface area is 153 Å². The number of hydrogen-bond donors (Lipinski definition) is 0. The van der Waals surface area contributed by atoms with Crippen LogP contribution in [0.1, 0.15) is 19.3 Å². The number of hydrogen-bond acceptors (Lipinski definition) is 3. The molecule has 1 saturated heterocycles. The maximum absolute atomic E-state index is 13.1. The maximum Gasteiger partial charge on any atom is 0.556 e. The van der Waals surface area contributed by atoms with Crippen molar-refractivity contribution in [2.45, 2.75) is 54.9 Å². The van der Waals surface area contributed by atoms with E-state index < -0.39 is 82.8 Å². The third kappa shape index (κ3) is 5.02. The molecule has 0 amide bonds. The van der Waals surface area contributed by atoms with Crippen molar-refractivity contribution in [1.82, 2.24) is 0 Å². The molecule has 0 aliphatic carbocycles. The molecule has 0 saturated carbocycles. The lowest BCUT2D eigenvalue weighted by Crippen LogP contribution is -2.71. The molecular weight excluding hydrogens is 487 g/mol. The minimum Gasteiger partial charge on any atom is -0.422 e. The fourth-order valence-electron chi connectivity index (χ4n) is 2.07. The molecule has 19 heteroatoms. The van der Waals surface area contributed by atoms with Gasteiger partial charge in [0.25, 0.3) is 10.0 Å². The van der Waals surface area contributed by atoms with E-state index in [-0.39, 0.29) is 0 Å². The summed E-state index contributed by atoms with van der Waals surface area (Å²) >= 11 is 0. The van der Waals surface area contributed by atoms with E-state index >= 15 is 0 Å². The van der Waals surface area contributed by atoms with Gasteiger partial charge in [-0.15, -0.1) is 0 Å². The first-order chi connectivity index (χ1) is 12.3. The summed E-state index contributed by atoms with van der Waals surface area (Å²) in [5.74, 6) is -23.6. The highest BCUT2D eigenvalue weighted by atomic mass is 28.5. The van der Waals surface area contributed by atoms with Gasteiger partial charge in [-0.1, -0.05) is 6.42 Å². The Morgan fingerprint density at radius 3 is 1.68 bits per heavy atom. The van der Waals surface area contributed by atoms with Crippen molar-refractivity contribution < 1.29 is 69.4 Å². The van der Waals surface area contributed by atoms with Crippen LogP contribution in [0.4, 0.5) is 57.1 Å². The zero-order valence-corrected chi connectivity index (χ0v) is 16.8. The Kier molecular flexibility index (Phi) is 7.37. The van der Waals surface area contributed by atoms with Gasteiger partial charge in [-0.3, -0.25) is 0 Å². The van der Waals surface area contributed by atoms with Gasteiger partial charge >= 0.3 is 47.5 Å². The molecule has 1 rings (SSSR count). The molecule has 1 unspecified atom stereocenters. The van der Waals surface area contributed by atoms with Crippen molar-refractivity contribution >= 4 is 27.9 Å². The van der Waals surface area contributed by atoms with Crippen LogP contribution in [-0.4, -0.2) is 57.5 Å². The van der Waals surface area contributed by atoms with Crippen molar-refractivity contribution in [3.63, 3.8) is 0 Å². The molecule has 0 N–H and O–H groups in total. The number of alkyl halides is 13. The van der Waals surface area contributed by atoms with Crippen molar-refractivity contribution in [2.24, 2.45) is 0 Å². The molecule has 0 bridgehead atoms. The van der Waals surface area contributed by atoms with Crippen LogP contribution in [0.2, 0.25) is 6.04 Å². The van der Waals surface area contributed by atoms with E-state index in [1.165, 1.54) is 0 Å². The van der Waals surface area contributed by atoms with E-state index in [9.17, 15) is 57.1 Å². The lowest BCUT2D eigenvalue weighted by Gasteiger charge is -2.39. The molecule has 1 aliphatic rings. The largest absolute Gasteiger partial charge is 0.556 e. The molecule has 1 heterocycles. The Morgan fingerprint density at radius 1 is 0.750 bits per heavy atom. The third-order valence-corrected chi connectivity index (χ3v) is 12.4. The van der Waals surface area contributed by atoms with Crippen LogP contribution in [0.25, 0.3) is 0 Å². The van der Waals surface area contributed by atoms with Gasteiger partial charge in [0.15, 0.2) is 0 Å². The topological polar surface area (TPSA) is 27.7 Å². The van der Waals surface area contributed by atoms with Crippen LogP contribution in [-0.2, 0) is 12.3 Å². The summed E-state index contributed by atoms with van der Waals surface area (Å²) < 4.78 is 177. The highest BCUT2D eigenvalue weighted by Gasteiger charge is 2.81. The summed E-state index contributed by atoms with van der Waals surface area (Å²) in [4.78, 5) is 0. The van der Waals surface area contributed by atoms with Crippen LogP contribution in [0.15, 0.2) is 0 Å². The van der Waals surface area contributed by atoms with Gasteiger partial charge in [0, 0.05) is 6.42 Å². The zero-order valence-electron chi connectivity index (χ0n) is 13.3. The van der Waals surface area contributed by atoms with Gasteiger partial charge in [-0.05, 0) is 12.5 Å². The third-order valence-electron chi connectivity index (χ3n) is 3.56. The van der Waals surface area contributed by atoms with Crippen molar-refractivity contribution in [1.29, 1.82) is 0 Å². The number of halogens is 13. The average molecular weight is 498 g/mol. The minimum atomic E-state index is -6.72. The summed E-state index contributed by atoms with van der Waals surface area (Å²) in [5.41, 5.74) is 0. The van der Waals surface area contributed by atoms with E-state index in [4.69, 9.17) is 0 Å². The van der Waals surface area contributed by atoms with Crippen molar-refractivity contribution in [3.05, 3.63) is 0 Å². The monoisotopic (exact) mass is 498 g/mol. The Hall–Kier alpha value is -0.379. The first kappa shape index (κ1) is 25.7. The van der Waals surface area contributed by atoms with E-state index in [1.54, 1.807) is 0 Å². The molecule has 1 aliphatic heterocycles. The van der Waals surface area contributed by atoms with E-state index in [0.717, 1.165) is 0 Å². The van der Waals surface area contributed by atoms with Gasteiger partial charge in [-0.25, -0.2) is 0 Å². The van der Waals surface area contributed by atoms with Crippen LogP contribution in [0.3, 0.4) is 0 Å². The highest BCUT2D eigenvalue weighted by molar-refractivity contribution is 6.82. The van der Waals surface area contributed by atoms with Gasteiger partial charge < -0.3 is 12.3 Å². The number of rotatable bonds is 6. The predicted octanol–water partition coefficient (Wildman–Crippen LogP) is 3.92. The fraction of sp³-hybridized carbons (Fsp3) is 1.00. The molecule has 1 fully saturated rings. The van der Waals surface area contributed by atoms with Gasteiger partial charge in [0.05, 0.1) is 0 Å². The first-order valence-electron chi connectivity index (χ1n) is 7.18. The summed E-state index contributed by atoms with van der Waals surface area (Å²) in [6, 6.07) is -0.731. The molecule has 0 radical (unpaired) electrons. The van der Waals surface area contributed by atoms with Crippen LogP contribution >= 0.6 is 0 Å². The van der Waals surface area contributed by atoms with Crippen LogP contribution in [0, 0.1) is 0 Å². The van der Waals surface area contributed by atoms with Crippen LogP contribution < -0.4 is 0 Å². The van der Waals surface area contributed by atoms with Crippen LogP contribution in [0.5, 0.6) is 0 Å². The average Bonchev–Trinajstić information content (AvgIpc) is 2.48. The molecule has 3 nitrogen and oxygen atoms in total. The second kappa shape index (κ2) is 8.04. The number of unbranched alkanes of at least 4 members (excludes halogenated alkanes) is 1. The van der Waals surface area contributed by atoms with Crippen molar-refractivity contribution in [3.8, 4) is 0 Å². The van der Waals surface area contributed by atoms with E-state index in [1.807, 2.05) is 0 Å². The molecule has 1 atom stereocenters. The SMILES string of the molecule is FC(F)(F)C(F)(F)C(F)(F)CCCC[SiH]1O[SiH2]O[Si](C(F)(F)F)(C(F)(F)F)O1. The summed E-state index contributed by atoms with van der Waals surface area (Å²) in [7, 11) is -13.2. The van der Waals surface area contributed by atoms with E-state index in [0.29, 0.717) is 0 Å². The predicted molar refractivity (Wildman–Crippen MR) is 71.4 cm³/mol. The minimum absolute atomic E-state index is 0.699. The van der Waals surface area contributed by atoms with Crippen molar-refractivity contribution in [2.75, 3.05) is 0 Å². The summed E-state index contributed by atoms with van der Waals surface area (Å²) in [6.45, 7) is 0. The van der Waals surface area contributed by atoms with Gasteiger partial charge in [0.1, 0.15) is 0 Å². The molecule has 0 aromatic heterocycles. The molecule has 28 heavy (non-hydrogen) atoms. The van der Waals surface area contributed by atoms with Gasteiger partial charge in [-0.2, -0.15) is 57.1 Å². The molecule has 0 aromatic carbocycles. The second-order valence-electron chi connectivity index (χ2n) is 5.61. The zero-order chi connectivity index (χ0) is 22.2. The fourth-order valence-corrected chi connectivity index (χ4v) is 11.9. The Morgan fingerprint density at radius 2 is 1.25 bits per heavy atom. The Balaban J connectivity index is 2.70. The highest BCUT2D eigenvalue weighted by Crippen LogP contribution is 2.49. The summed E-state index contributed by atoms with van der Waals surface area (Å²) in [5, 5.41) is 0. The first-order valence-corrected chi connectivity index (χ1v) is 11.9. The lowest BCUT2D eigenvalue weighted by atomic mass is 10.0. The smallest absolute Gasteiger partial charge is 0.422 e. The maximum atomic E-state index is 13.1. The van der Waals surface area contributed by atoms with E-state index in [2.05, 4.69) is 12.3 Å². The quantitative estimate of drug-likeness (QED) is 0.316. The standard InChI is InChI=1S/C9H11F13O3Si3/c10-5(11,6(12,13)7(14,15)16)3-1-2-4-27-23-26-24-28(25-27,8(17,18)19)9(20,21)22/h27H,1-4,26H2. The summed E-state index contributed by atoms with van der Waals surface area (Å²) in [6.07, 6.45) is -10.3. The molecule has 0 spiro atoms. The molecular formula is C9H11F13O3Si3. The Bertz CT molecular complexity index is 518. The molecule has 0 aromatic rings. The lowest BCUT2D eigenvalue weighted by molar-refractivity contribution is -0.355. The molecule has 168 valence electrons. The van der Waals surface area contributed by atoms with Gasteiger partial charge in [0.2, 0.25) is 0 Å². The second-order valence-corrected chi connectivity index (χ2v) is 13.1.